The summed E-state index contributed by atoms with van der Waals surface area (Å²) in [5.41, 5.74) is 0.625. The normalized spacial score (nSPS) is 20.4. The van der Waals surface area contributed by atoms with E-state index in [4.69, 9.17) is 4.74 Å². The first-order chi connectivity index (χ1) is 8.09. The maximum Gasteiger partial charge on any atom is 0.260 e. The Morgan fingerprint density at radius 3 is 2.94 bits per heavy atom. The Hall–Kier alpha value is -1.62. The highest BCUT2D eigenvalue weighted by Gasteiger charge is 2.26. The van der Waals surface area contributed by atoms with Gasteiger partial charge in [-0.1, -0.05) is 0 Å². The van der Waals surface area contributed by atoms with Gasteiger partial charge in [-0.25, -0.2) is 0 Å². The van der Waals surface area contributed by atoms with Gasteiger partial charge in [-0.05, 0) is 26.0 Å². The van der Waals surface area contributed by atoms with Gasteiger partial charge in [-0.3, -0.25) is 9.59 Å². The lowest BCUT2D eigenvalue weighted by atomic mass is 10.2. The summed E-state index contributed by atoms with van der Waals surface area (Å²) in [6, 6.07) is 3.33. The highest BCUT2D eigenvalue weighted by Crippen LogP contribution is 2.10. The smallest absolute Gasteiger partial charge is 0.260 e. The lowest BCUT2D eigenvalue weighted by Gasteiger charge is -2.33. The third kappa shape index (κ3) is 2.39. The van der Waals surface area contributed by atoms with E-state index in [1.54, 1.807) is 24.0 Å². The van der Waals surface area contributed by atoms with Gasteiger partial charge in [0.2, 0.25) is 0 Å². The molecule has 0 spiro atoms. The molecule has 0 radical (unpaired) electrons. The maximum atomic E-state index is 12.2. The van der Waals surface area contributed by atoms with Crippen LogP contribution in [0.3, 0.4) is 0 Å². The third-order valence-corrected chi connectivity index (χ3v) is 2.91. The average Bonchev–Trinajstić information content (AvgIpc) is 2.29. The van der Waals surface area contributed by atoms with E-state index < -0.39 is 0 Å². The summed E-state index contributed by atoms with van der Waals surface area (Å²) < 4.78 is 5.27. The highest BCUT2D eigenvalue weighted by molar-refractivity contribution is 5.94. The molecule has 5 nitrogen and oxygen atoms in total. The van der Waals surface area contributed by atoms with E-state index >= 15 is 0 Å². The van der Waals surface area contributed by atoms with E-state index in [2.05, 4.69) is 4.98 Å². The molecule has 1 atom stereocenters. The lowest BCUT2D eigenvalue weighted by Crippen LogP contribution is -2.48. The number of aryl methyl sites for hydroxylation is 1. The molecule has 2 rings (SSSR count). The minimum atomic E-state index is -0.325. The molecule has 1 amide bonds. The van der Waals surface area contributed by atoms with E-state index in [1.807, 2.05) is 6.92 Å². The molecule has 0 saturated carbocycles. The topological polar surface area (TPSA) is 62.4 Å². The van der Waals surface area contributed by atoms with Crippen LogP contribution in [-0.2, 0) is 4.74 Å². The number of morpholine rings is 1. The minimum absolute atomic E-state index is 0.0111. The number of H-pyrrole nitrogens is 1. The first kappa shape index (κ1) is 11.9. The molecule has 1 aromatic rings. The SMILES string of the molecule is Cc1ccc(C(=O)N2CCOCC2C)c(=O)[nH]1. The molecule has 5 heteroatoms. The minimum Gasteiger partial charge on any atom is -0.377 e. The molecule has 17 heavy (non-hydrogen) atoms. The van der Waals surface area contributed by atoms with Crippen LogP contribution in [0.15, 0.2) is 16.9 Å². The van der Waals surface area contributed by atoms with Gasteiger partial charge in [0.15, 0.2) is 0 Å². The third-order valence-electron chi connectivity index (χ3n) is 2.91. The van der Waals surface area contributed by atoms with Crippen LogP contribution < -0.4 is 5.56 Å². The average molecular weight is 236 g/mol. The second kappa shape index (κ2) is 4.71. The van der Waals surface area contributed by atoms with Gasteiger partial charge in [-0.15, -0.1) is 0 Å². The predicted molar refractivity (Wildman–Crippen MR) is 63.1 cm³/mol. The molecule has 1 fully saturated rings. The monoisotopic (exact) mass is 236 g/mol. The number of hydrogen-bond acceptors (Lipinski definition) is 3. The number of rotatable bonds is 1. The van der Waals surface area contributed by atoms with E-state index in [0.29, 0.717) is 19.8 Å². The molecule has 0 aromatic carbocycles. The number of aromatic amines is 1. The predicted octanol–water partition coefficient (Wildman–Crippen LogP) is 0.544. The van der Waals surface area contributed by atoms with Gasteiger partial charge in [-0.2, -0.15) is 0 Å². The van der Waals surface area contributed by atoms with E-state index in [-0.39, 0.29) is 23.1 Å². The zero-order valence-electron chi connectivity index (χ0n) is 10.0. The lowest BCUT2D eigenvalue weighted by molar-refractivity contribution is 0.00349. The number of aromatic nitrogens is 1. The van der Waals surface area contributed by atoms with Gasteiger partial charge in [0, 0.05) is 12.2 Å². The Morgan fingerprint density at radius 2 is 2.29 bits per heavy atom. The van der Waals surface area contributed by atoms with Crippen molar-refractivity contribution < 1.29 is 9.53 Å². The Bertz CT molecular complexity index is 481. The fourth-order valence-electron chi connectivity index (χ4n) is 1.92. The number of carbonyl (C=O) groups is 1. The molecule has 1 aliphatic heterocycles. The van der Waals surface area contributed by atoms with Crippen LogP contribution in [0.5, 0.6) is 0 Å². The Balaban J connectivity index is 2.27. The van der Waals surface area contributed by atoms with E-state index in [9.17, 15) is 9.59 Å². The number of nitrogens with one attached hydrogen (secondary N) is 1. The van der Waals surface area contributed by atoms with Crippen LogP contribution >= 0.6 is 0 Å². The first-order valence-electron chi connectivity index (χ1n) is 5.68. The van der Waals surface area contributed by atoms with Crippen molar-refractivity contribution >= 4 is 5.91 Å². The van der Waals surface area contributed by atoms with Crippen molar-refractivity contribution in [3.63, 3.8) is 0 Å². The van der Waals surface area contributed by atoms with Gasteiger partial charge in [0.25, 0.3) is 11.5 Å². The number of carbonyl (C=O) groups excluding carboxylic acids is 1. The number of hydrogen-bond donors (Lipinski definition) is 1. The van der Waals surface area contributed by atoms with Crippen molar-refractivity contribution in [2.45, 2.75) is 19.9 Å². The van der Waals surface area contributed by atoms with Crippen molar-refractivity contribution in [1.82, 2.24) is 9.88 Å². The summed E-state index contributed by atoms with van der Waals surface area (Å²) in [7, 11) is 0. The van der Waals surface area contributed by atoms with Crippen LogP contribution in [0, 0.1) is 6.92 Å². The molecule has 1 saturated heterocycles. The van der Waals surface area contributed by atoms with Crippen molar-refractivity contribution in [3.05, 3.63) is 33.7 Å². The number of amides is 1. The standard InChI is InChI=1S/C12H16N2O3/c1-8-3-4-10(11(15)13-8)12(16)14-5-6-17-7-9(14)2/h3-4,9H,5-7H2,1-2H3,(H,13,15). The largest absolute Gasteiger partial charge is 0.377 e. The van der Waals surface area contributed by atoms with E-state index in [1.165, 1.54) is 0 Å². The molecule has 0 aliphatic carbocycles. The second-order valence-electron chi connectivity index (χ2n) is 4.31. The van der Waals surface area contributed by atoms with Gasteiger partial charge >= 0.3 is 0 Å². The number of pyridine rings is 1. The summed E-state index contributed by atoms with van der Waals surface area (Å²) in [5, 5.41) is 0. The van der Waals surface area contributed by atoms with Gasteiger partial charge in [0.1, 0.15) is 5.56 Å². The molecule has 1 aromatic heterocycles. The summed E-state index contributed by atoms with van der Waals surface area (Å²) in [6.07, 6.45) is 0. The highest BCUT2D eigenvalue weighted by atomic mass is 16.5. The molecule has 1 aliphatic rings. The quantitative estimate of drug-likeness (QED) is 0.774. The maximum absolute atomic E-state index is 12.2. The van der Waals surface area contributed by atoms with Crippen LogP contribution in [0.1, 0.15) is 23.0 Å². The molecule has 1 N–H and O–H groups in total. The van der Waals surface area contributed by atoms with Crippen molar-refractivity contribution in [1.29, 1.82) is 0 Å². The zero-order valence-corrected chi connectivity index (χ0v) is 10.0. The zero-order chi connectivity index (χ0) is 12.4. The molecule has 92 valence electrons. The van der Waals surface area contributed by atoms with Gasteiger partial charge < -0.3 is 14.6 Å². The van der Waals surface area contributed by atoms with Crippen LogP contribution in [0.4, 0.5) is 0 Å². The van der Waals surface area contributed by atoms with Gasteiger partial charge in [0.05, 0.1) is 19.3 Å². The molecule has 0 bridgehead atoms. The molecular formula is C12H16N2O3. The van der Waals surface area contributed by atoms with Crippen molar-refractivity contribution in [3.8, 4) is 0 Å². The molecule has 1 unspecified atom stereocenters. The molecular weight excluding hydrogens is 220 g/mol. The Morgan fingerprint density at radius 1 is 1.53 bits per heavy atom. The van der Waals surface area contributed by atoms with Crippen LogP contribution in [0.25, 0.3) is 0 Å². The summed E-state index contributed by atoms with van der Waals surface area (Å²) >= 11 is 0. The molecule has 2 heterocycles. The van der Waals surface area contributed by atoms with Crippen LogP contribution in [-0.4, -0.2) is 41.6 Å². The fourth-order valence-corrected chi connectivity index (χ4v) is 1.92. The number of nitrogens with zero attached hydrogens (tertiary/aromatic N) is 1. The Labute approximate surface area is 99.4 Å². The number of ether oxygens (including phenoxy) is 1. The van der Waals surface area contributed by atoms with Crippen molar-refractivity contribution in [2.75, 3.05) is 19.8 Å². The van der Waals surface area contributed by atoms with E-state index in [0.717, 1.165) is 5.69 Å². The summed E-state index contributed by atoms with van der Waals surface area (Å²) in [4.78, 5) is 28.2. The second-order valence-corrected chi connectivity index (χ2v) is 4.31. The van der Waals surface area contributed by atoms with Crippen molar-refractivity contribution in [2.24, 2.45) is 0 Å². The first-order valence-corrected chi connectivity index (χ1v) is 5.68. The summed E-state index contributed by atoms with van der Waals surface area (Å²) in [6.45, 7) is 5.29. The fraction of sp³-hybridized carbons (Fsp3) is 0.500. The Kier molecular flexibility index (Phi) is 3.28. The van der Waals surface area contributed by atoms with Crippen LogP contribution in [0.2, 0.25) is 0 Å². The summed E-state index contributed by atoms with van der Waals surface area (Å²) in [5.74, 6) is -0.220.